The first-order valence-electron chi connectivity index (χ1n) is 10.3. The number of carbonyl (C=O) groups is 1. The lowest BCUT2D eigenvalue weighted by Gasteiger charge is -2.29. The van der Waals surface area contributed by atoms with Gasteiger partial charge in [0.25, 0.3) is 15.6 Å². The van der Waals surface area contributed by atoms with Crippen molar-refractivity contribution in [2.75, 3.05) is 13.6 Å². The number of hydrogen-bond acceptors (Lipinski definition) is 6. The molecule has 3 heterocycles. The van der Waals surface area contributed by atoms with Gasteiger partial charge in [0.1, 0.15) is 16.8 Å². The molecule has 1 amide bonds. The number of amidine groups is 1. The molecule has 0 bridgehead atoms. The van der Waals surface area contributed by atoms with Gasteiger partial charge in [0.15, 0.2) is 5.84 Å². The summed E-state index contributed by atoms with van der Waals surface area (Å²) in [5.41, 5.74) is 0.836. The van der Waals surface area contributed by atoms with Crippen LogP contribution in [0.25, 0.3) is 10.9 Å². The van der Waals surface area contributed by atoms with Gasteiger partial charge >= 0.3 is 0 Å². The average molecular weight is 452 g/mol. The molecule has 1 aromatic heterocycles. The maximum Gasteiger partial charge on any atom is 0.285 e. The van der Waals surface area contributed by atoms with Crippen LogP contribution < -0.4 is 5.56 Å². The van der Waals surface area contributed by atoms with Crippen molar-refractivity contribution in [1.82, 2.24) is 19.8 Å². The molecule has 0 saturated carbocycles. The molecular formula is C22H21N5O4S. The quantitative estimate of drug-likeness (QED) is 0.645. The van der Waals surface area contributed by atoms with E-state index in [1.54, 1.807) is 54.4 Å². The smallest absolute Gasteiger partial charge is 0.285 e. The minimum Gasteiger partial charge on any atom is -0.343 e. The lowest BCUT2D eigenvalue weighted by atomic mass is 10.1. The van der Waals surface area contributed by atoms with E-state index in [1.165, 1.54) is 11.0 Å². The lowest BCUT2D eigenvalue weighted by Crippen LogP contribution is -2.46. The van der Waals surface area contributed by atoms with Crippen LogP contribution in [0.5, 0.6) is 0 Å². The molecule has 2 aliphatic rings. The van der Waals surface area contributed by atoms with E-state index in [0.29, 0.717) is 41.1 Å². The molecule has 0 unspecified atom stereocenters. The Hall–Kier alpha value is -3.53. The van der Waals surface area contributed by atoms with Gasteiger partial charge in [-0.15, -0.1) is 4.40 Å². The van der Waals surface area contributed by atoms with Crippen molar-refractivity contribution in [3.63, 3.8) is 0 Å². The van der Waals surface area contributed by atoms with Crippen LogP contribution in [0.3, 0.4) is 0 Å². The van der Waals surface area contributed by atoms with E-state index in [9.17, 15) is 18.0 Å². The molecule has 0 radical (unpaired) electrons. The van der Waals surface area contributed by atoms with Crippen LogP contribution >= 0.6 is 0 Å². The standard InChI is InChI=1S/C22H21N5O4S/c1-26(13-19-23-16-9-4-2-7-14(16)21(28)24-19)22(29)17-10-6-12-27(17)20-15-8-3-5-11-18(15)32(30,31)25-20/h2-5,7-9,11,17H,6,10,12-13H2,1H3,(H,23,24,28)/t17-/m0/s1. The maximum atomic E-state index is 13.3. The summed E-state index contributed by atoms with van der Waals surface area (Å²) in [6, 6.07) is 13.2. The summed E-state index contributed by atoms with van der Waals surface area (Å²) in [7, 11) is -2.12. The fourth-order valence-electron chi connectivity index (χ4n) is 4.34. The molecule has 10 heteroatoms. The second-order valence-electron chi connectivity index (χ2n) is 7.96. The van der Waals surface area contributed by atoms with E-state index in [4.69, 9.17) is 0 Å². The number of carbonyl (C=O) groups excluding carboxylic acids is 1. The highest BCUT2D eigenvalue weighted by Gasteiger charge is 2.40. The first-order chi connectivity index (χ1) is 15.3. The number of rotatable bonds is 3. The third-order valence-corrected chi connectivity index (χ3v) is 7.17. The summed E-state index contributed by atoms with van der Waals surface area (Å²) in [6.45, 7) is 0.669. The monoisotopic (exact) mass is 451 g/mol. The molecule has 2 aromatic carbocycles. The second kappa shape index (κ2) is 7.56. The number of hydrogen-bond donors (Lipinski definition) is 1. The highest BCUT2D eigenvalue weighted by atomic mass is 32.2. The number of H-pyrrole nitrogens is 1. The first-order valence-corrected chi connectivity index (χ1v) is 11.7. The summed E-state index contributed by atoms with van der Waals surface area (Å²) >= 11 is 0. The number of amides is 1. The van der Waals surface area contributed by atoms with E-state index < -0.39 is 16.1 Å². The summed E-state index contributed by atoms with van der Waals surface area (Å²) in [5.74, 6) is 0.533. The van der Waals surface area contributed by atoms with Gasteiger partial charge in [-0.05, 0) is 37.1 Å². The fourth-order valence-corrected chi connectivity index (χ4v) is 5.56. The Balaban J connectivity index is 1.40. The molecule has 1 N–H and O–H groups in total. The number of aromatic amines is 1. The number of nitrogens with zero attached hydrogens (tertiary/aromatic N) is 4. The van der Waals surface area contributed by atoms with Crippen molar-refractivity contribution < 1.29 is 13.2 Å². The molecule has 2 aliphatic heterocycles. The minimum atomic E-state index is -3.76. The third-order valence-electron chi connectivity index (χ3n) is 5.85. The Morgan fingerprint density at radius 1 is 1.19 bits per heavy atom. The minimum absolute atomic E-state index is 0.130. The predicted octanol–water partition coefficient (Wildman–Crippen LogP) is 1.49. The van der Waals surface area contributed by atoms with Gasteiger partial charge in [-0.1, -0.05) is 24.3 Å². The summed E-state index contributed by atoms with van der Waals surface area (Å²) in [5, 5.41) is 0.492. The largest absolute Gasteiger partial charge is 0.343 e. The Morgan fingerprint density at radius 2 is 1.94 bits per heavy atom. The number of aromatic nitrogens is 2. The van der Waals surface area contributed by atoms with Crippen molar-refractivity contribution in [3.05, 3.63) is 70.3 Å². The van der Waals surface area contributed by atoms with Crippen LogP contribution in [0.2, 0.25) is 0 Å². The Labute approximate surface area is 184 Å². The molecular weight excluding hydrogens is 430 g/mol. The lowest BCUT2D eigenvalue weighted by molar-refractivity contribution is -0.134. The zero-order chi connectivity index (χ0) is 22.5. The number of nitrogens with one attached hydrogen (secondary N) is 1. The number of likely N-dealkylation sites (N-methyl/N-ethyl adjacent to an activating group) is 1. The average Bonchev–Trinajstić information content (AvgIpc) is 3.36. The van der Waals surface area contributed by atoms with Gasteiger partial charge in [0.2, 0.25) is 5.91 Å². The predicted molar refractivity (Wildman–Crippen MR) is 119 cm³/mol. The fraction of sp³-hybridized carbons (Fsp3) is 0.273. The van der Waals surface area contributed by atoms with Gasteiger partial charge in [-0.3, -0.25) is 9.59 Å². The van der Waals surface area contributed by atoms with Crippen LogP contribution in [0.15, 0.2) is 62.6 Å². The van der Waals surface area contributed by atoms with E-state index >= 15 is 0 Å². The highest BCUT2D eigenvalue weighted by Crippen LogP contribution is 2.31. The van der Waals surface area contributed by atoms with E-state index in [0.717, 1.165) is 6.42 Å². The van der Waals surface area contributed by atoms with E-state index in [-0.39, 0.29) is 22.9 Å². The summed E-state index contributed by atoms with van der Waals surface area (Å²) in [6.07, 6.45) is 1.34. The van der Waals surface area contributed by atoms with Gasteiger partial charge in [0, 0.05) is 19.2 Å². The molecule has 0 aliphatic carbocycles. The number of para-hydroxylation sites is 1. The molecule has 1 atom stereocenters. The topological polar surface area (TPSA) is 116 Å². The Morgan fingerprint density at radius 3 is 2.78 bits per heavy atom. The zero-order valence-corrected chi connectivity index (χ0v) is 18.2. The van der Waals surface area contributed by atoms with Gasteiger partial charge in [0.05, 0.1) is 17.4 Å². The molecule has 0 spiro atoms. The van der Waals surface area contributed by atoms with Crippen molar-refractivity contribution in [1.29, 1.82) is 0 Å². The Kier molecular flexibility index (Phi) is 4.81. The van der Waals surface area contributed by atoms with E-state index in [1.807, 2.05) is 0 Å². The van der Waals surface area contributed by atoms with Crippen molar-refractivity contribution in [2.45, 2.75) is 30.3 Å². The van der Waals surface area contributed by atoms with Gasteiger partial charge < -0.3 is 14.8 Å². The van der Waals surface area contributed by atoms with Crippen molar-refractivity contribution >= 4 is 32.7 Å². The molecule has 1 saturated heterocycles. The highest BCUT2D eigenvalue weighted by molar-refractivity contribution is 7.90. The molecule has 9 nitrogen and oxygen atoms in total. The molecule has 1 fully saturated rings. The van der Waals surface area contributed by atoms with Crippen LogP contribution in [0, 0.1) is 0 Å². The number of benzene rings is 2. The van der Waals surface area contributed by atoms with Gasteiger partial charge in [-0.25, -0.2) is 4.98 Å². The second-order valence-corrected chi connectivity index (χ2v) is 9.53. The normalized spacial score (nSPS) is 19.1. The molecule has 164 valence electrons. The molecule has 32 heavy (non-hydrogen) atoms. The summed E-state index contributed by atoms with van der Waals surface area (Å²) in [4.78, 5) is 36.3. The molecule has 3 aromatic rings. The number of sulfonamides is 1. The SMILES string of the molecule is CN(Cc1nc2ccccc2c(=O)[nH]1)C(=O)[C@@H]1CCCN1C1=NS(=O)(=O)c2ccccc21. The molecule has 5 rings (SSSR count). The van der Waals surface area contributed by atoms with Crippen LogP contribution in [0.1, 0.15) is 24.2 Å². The zero-order valence-electron chi connectivity index (χ0n) is 17.4. The Bertz CT molecular complexity index is 1430. The van der Waals surface area contributed by atoms with Crippen molar-refractivity contribution in [2.24, 2.45) is 4.40 Å². The van der Waals surface area contributed by atoms with Crippen LogP contribution in [-0.4, -0.2) is 59.6 Å². The first kappa shape index (κ1) is 20.4. The van der Waals surface area contributed by atoms with Crippen LogP contribution in [-0.2, 0) is 21.4 Å². The summed E-state index contributed by atoms with van der Waals surface area (Å²) < 4.78 is 28.9. The third kappa shape index (κ3) is 3.36. The van der Waals surface area contributed by atoms with Gasteiger partial charge in [-0.2, -0.15) is 8.42 Å². The van der Waals surface area contributed by atoms with Crippen molar-refractivity contribution in [3.8, 4) is 0 Å². The number of likely N-dealkylation sites (tertiary alicyclic amines) is 1. The number of fused-ring (bicyclic) bond motifs is 2. The van der Waals surface area contributed by atoms with E-state index in [2.05, 4.69) is 14.4 Å². The maximum absolute atomic E-state index is 13.3. The van der Waals surface area contributed by atoms with Crippen LogP contribution in [0.4, 0.5) is 0 Å².